The number of carbonyl (C=O) groups is 1. The van der Waals surface area contributed by atoms with Crippen LogP contribution in [0.15, 0.2) is 53.1 Å². The van der Waals surface area contributed by atoms with Crippen molar-refractivity contribution in [1.82, 2.24) is 15.5 Å². The van der Waals surface area contributed by atoms with Gasteiger partial charge in [0.25, 0.3) is 5.91 Å². The molecule has 1 amide bonds. The number of aromatic nitrogens is 2. The Balaban J connectivity index is 1.78. The van der Waals surface area contributed by atoms with Gasteiger partial charge in [-0.1, -0.05) is 19.0 Å². The lowest BCUT2D eigenvalue weighted by Gasteiger charge is -2.18. The number of hydrogen-bond donors (Lipinski definition) is 1. The van der Waals surface area contributed by atoms with Crippen molar-refractivity contribution in [2.45, 2.75) is 19.9 Å². The van der Waals surface area contributed by atoms with Crippen LogP contribution in [-0.4, -0.2) is 30.3 Å². The summed E-state index contributed by atoms with van der Waals surface area (Å²) >= 11 is 0. The Bertz CT molecular complexity index is 918. The summed E-state index contributed by atoms with van der Waals surface area (Å²) in [7, 11) is 3.19. The molecule has 3 rings (SSSR count). The molecule has 0 unspecified atom stereocenters. The molecule has 0 spiro atoms. The molecule has 0 saturated heterocycles. The molecule has 0 bridgehead atoms. The number of rotatable bonds is 7. The number of ether oxygens (including phenoxy) is 2. The van der Waals surface area contributed by atoms with E-state index in [1.54, 1.807) is 38.5 Å². The second kappa shape index (κ2) is 8.56. The summed E-state index contributed by atoms with van der Waals surface area (Å²) in [6, 6.07) is 13.9. The minimum absolute atomic E-state index is 0.0614. The van der Waals surface area contributed by atoms with Gasteiger partial charge in [-0.2, -0.15) is 4.98 Å². The van der Waals surface area contributed by atoms with Gasteiger partial charge in [0.1, 0.15) is 17.5 Å². The number of carbonyl (C=O) groups excluding carboxylic acids is 1. The lowest BCUT2D eigenvalue weighted by atomic mass is 10.0. The van der Waals surface area contributed by atoms with Crippen molar-refractivity contribution in [1.29, 1.82) is 0 Å². The predicted octanol–water partition coefficient (Wildman–Crippen LogP) is 3.88. The van der Waals surface area contributed by atoms with Crippen LogP contribution in [0.1, 0.15) is 36.1 Å². The molecule has 1 heterocycles. The smallest absolute Gasteiger partial charge is 0.251 e. The Morgan fingerprint density at radius 1 is 0.964 bits per heavy atom. The summed E-state index contributed by atoms with van der Waals surface area (Å²) in [4.78, 5) is 17.1. The highest BCUT2D eigenvalue weighted by Crippen LogP contribution is 2.25. The Kier molecular flexibility index (Phi) is 5.93. The molecule has 28 heavy (non-hydrogen) atoms. The summed E-state index contributed by atoms with van der Waals surface area (Å²) in [5.74, 6) is 2.11. The van der Waals surface area contributed by atoms with Crippen molar-refractivity contribution < 1.29 is 18.8 Å². The minimum Gasteiger partial charge on any atom is -0.497 e. The van der Waals surface area contributed by atoms with Crippen molar-refractivity contribution >= 4 is 5.91 Å². The Labute approximate surface area is 163 Å². The zero-order valence-corrected chi connectivity index (χ0v) is 16.3. The molecular weight excluding hydrogens is 358 g/mol. The lowest BCUT2D eigenvalue weighted by Crippen LogP contribution is -2.32. The van der Waals surface area contributed by atoms with E-state index in [1.165, 1.54) is 0 Å². The second-order valence-corrected chi connectivity index (χ2v) is 6.61. The standard InChI is InChI=1S/C21H23N3O4/c1-13(2)18(22-20(25)15-7-11-17(27-4)12-8-15)21-23-19(24-28-21)14-5-9-16(26-3)10-6-14/h5-13,18H,1-4H3,(H,22,25)/t18-/m0/s1. The van der Waals surface area contributed by atoms with Gasteiger partial charge in [0, 0.05) is 11.1 Å². The lowest BCUT2D eigenvalue weighted by molar-refractivity contribution is 0.0914. The van der Waals surface area contributed by atoms with E-state index >= 15 is 0 Å². The molecule has 1 aromatic heterocycles. The fourth-order valence-corrected chi connectivity index (χ4v) is 2.70. The van der Waals surface area contributed by atoms with E-state index in [4.69, 9.17) is 14.0 Å². The van der Waals surface area contributed by atoms with Gasteiger partial charge in [0.15, 0.2) is 0 Å². The third kappa shape index (κ3) is 4.31. The third-order valence-corrected chi connectivity index (χ3v) is 4.36. The van der Waals surface area contributed by atoms with E-state index in [9.17, 15) is 4.79 Å². The SMILES string of the molecule is COc1ccc(C(=O)N[C@H](c2nc(-c3ccc(OC)cc3)no2)C(C)C)cc1. The third-order valence-electron chi connectivity index (χ3n) is 4.36. The first-order chi connectivity index (χ1) is 13.5. The Hall–Kier alpha value is -3.35. The van der Waals surface area contributed by atoms with Gasteiger partial charge < -0.3 is 19.3 Å². The molecule has 0 aliphatic carbocycles. The number of hydrogen-bond acceptors (Lipinski definition) is 6. The van der Waals surface area contributed by atoms with E-state index in [2.05, 4.69) is 15.5 Å². The predicted molar refractivity (Wildman–Crippen MR) is 104 cm³/mol. The van der Waals surface area contributed by atoms with Gasteiger partial charge in [-0.05, 0) is 54.4 Å². The van der Waals surface area contributed by atoms with Gasteiger partial charge in [0.05, 0.1) is 14.2 Å². The molecular formula is C21H23N3O4. The van der Waals surface area contributed by atoms with E-state index < -0.39 is 6.04 Å². The highest BCUT2D eigenvalue weighted by molar-refractivity contribution is 5.94. The van der Waals surface area contributed by atoms with Crippen LogP contribution in [0.25, 0.3) is 11.4 Å². The van der Waals surface area contributed by atoms with E-state index in [1.807, 2.05) is 38.1 Å². The van der Waals surface area contributed by atoms with Crippen molar-refractivity contribution in [3.8, 4) is 22.9 Å². The van der Waals surface area contributed by atoms with Gasteiger partial charge in [-0.15, -0.1) is 0 Å². The van der Waals surface area contributed by atoms with Crippen LogP contribution in [0.4, 0.5) is 0 Å². The number of methoxy groups -OCH3 is 2. The molecule has 7 nitrogen and oxygen atoms in total. The molecule has 0 radical (unpaired) electrons. The fraction of sp³-hybridized carbons (Fsp3) is 0.286. The van der Waals surface area contributed by atoms with Crippen LogP contribution in [0.5, 0.6) is 11.5 Å². The summed E-state index contributed by atoms with van der Waals surface area (Å²) < 4.78 is 15.7. The average Bonchev–Trinajstić information content (AvgIpc) is 3.21. The Morgan fingerprint density at radius 2 is 1.54 bits per heavy atom. The fourth-order valence-electron chi connectivity index (χ4n) is 2.70. The maximum atomic E-state index is 12.6. The number of nitrogens with zero attached hydrogens (tertiary/aromatic N) is 2. The maximum absolute atomic E-state index is 12.6. The molecule has 146 valence electrons. The summed E-state index contributed by atoms with van der Waals surface area (Å²) in [6.45, 7) is 3.96. The van der Waals surface area contributed by atoms with E-state index in [-0.39, 0.29) is 11.8 Å². The highest BCUT2D eigenvalue weighted by atomic mass is 16.5. The first kappa shape index (κ1) is 19.4. The molecule has 0 aliphatic heterocycles. The summed E-state index contributed by atoms with van der Waals surface area (Å²) in [5, 5.41) is 7.03. The number of nitrogens with one attached hydrogen (secondary N) is 1. The molecule has 7 heteroatoms. The second-order valence-electron chi connectivity index (χ2n) is 6.61. The topological polar surface area (TPSA) is 86.5 Å². The van der Waals surface area contributed by atoms with Crippen molar-refractivity contribution in [2.75, 3.05) is 14.2 Å². The zero-order chi connectivity index (χ0) is 20.1. The monoisotopic (exact) mass is 381 g/mol. The average molecular weight is 381 g/mol. The molecule has 2 aromatic carbocycles. The Morgan fingerprint density at radius 3 is 2.07 bits per heavy atom. The molecule has 1 N–H and O–H groups in total. The van der Waals surface area contributed by atoms with Crippen LogP contribution in [0.3, 0.4) is 0 Å². The quantitative estimate of drug-likeness (QED) is 0.668. The van der Waals surface area contributed by atoms with Crippen molar-refractivity contribution in [3.63, 3.8) is 0 Å². The van der Waals surface area contributed by atoms with Crippen LogP contribution in [-0.2, 0) is 0 Å². The molecule has 0 fully saturated rings. The van der Waals surface area contributed by atoms with Gasteiger partial charge >= 0.3 is 0 Å². The van der Waals surface area contributed by atoms with Gasteiger partial charge in [-0.3, -0.25) is 4.79 Å². The molecule has 0 aliphatic rings. The first-order valence-electron chi connectivity index (χ1n) is 8.94. The van der Waals surface area contributed by atoms with E-state index in [0.717, 1.165) is 11.3 Å². The molecule has 0 saturated carbocycles. The number of benzene rings is 2. The summed E-state index contributed by atoms with van der Waals surface area (Å²) in [5.41, 5.74) is 1.33. The maximum Gasteiger partial charge on any atom is 0.251 e. The van der Waals surface area contributed by atoms with Gasteiger partial charge in [-0.25, -0.2) is 0 Å². The van der Waals surface area contributed by atoms with E-state index in [0.29, 0.717) is 23.0 Å². The minimum atomic E-state index is -0.408. The largest absolute Gasteiger partial charge is 0.497 e. The number of amides is 1. The molecule has 1 atom stereocenters. The zero-order valence-electron chi connectivity index (χ0n) is 16.3. The molecule has 3 aromatic rings. The normalized spacial score (nSPS) is 11.9. The first-order valence-corrected chi connectivity index (χ1v) is 8.94. The summed E-state index contributed by atoms with van der Waals surface area (Å²) in [6.07, 6.45) is 0. The van der Waals surface area contributed by atoms with Crippen LogP contribution in [0, 0.1) is 5.92 Å². The van der Waals surface area contributed by atoms with Crippen LogP contribution < -0.4 is 14.8 Å². The highest BCUT2D eigenvalue weighted by Gasteiger charge is 2.25. The van der Waals surface area contributed by atoms with Crippen LogP contribution in [0.2, 0.25) is 0 Å². The van der Waals surface area contributed by atoms with Crippen molar-refractivity contribution in [3.05, 3.63) is 60.0 Å². The van der Waals surface area contributed by atoms with Crippen molar-refractivity contribution in [2.24, 2.45) is 5.92 Å². The van der Waals surface area contributed by atoms with Gasteiger partial charge in [0.2, 0.25) is 11.7 Å². The van der Waals surface area contributed by atoms with Crippen LogP contribution >= 0.6 is 0 Å².